The second-order valence-corrected chi connectivity index (χ2v) is 6.65. The Hall–Kier alpha value is -2.08. The van der Waals surface area contributed by atoms with Crippen LogP contribution < -0.4 is 10.1 Å². The average molecular weight is 346 g/mol. The number of rotatable bonds is 5. The Bertz CT molecular complexity index is 605. The van der Waals surface area contributed by atoms with Crippen molar-refractivity contribution in [3.63, 3.8) is 0 Å². The van der Waals surface area contributed by atoms with E-state index in [0.717, 1.165) is 19.4 Å². The van der Waals surface area contributed by atoms with Crippen molar-refractivity contribution in [3.8, 4) is 5.75 Å². The van der Waals surface area contributed by atoms with Crippen LogP contribution in [0.3, 0.4) is 0 Å². The Kier molecular flexibility index (Phi) is 5.91. The van der Waals surface area contributed by atoms with Gasteiger partial charge in [0.25, 0.3) is 5.91 Å². The van der Waals surface area contributed by atoms with Crippen molar-refractivity contribution < 1.29 is 19.1 Å². The minimum atomic E-state index is -0.0318. The molecule has 1 atom stereocenters. The Labute approximate surface area is 148 Å². The maximum atomic E-state index is 12.7. The topological polar surface area (TPSA) is 67.9 Å². The fraction of sp³-hybridized carbons (Fsp3) is 0.579. The molecular weight excluding hydrogens is 320 g/mol. The van der Waals surface area contributed by atoms with E-state index in [-0.39, 0.29) is 23.8 Å². The number of nitrogens with zero attached hydrogens (tertiary/aromatic N) is 1. The van der Waals surface area contributed by atoms with E-state index in [1.165, 1.54) is 0 Å². The lowest BCUT2D eigenvalue weighted by Gasteiger charge is -2.31. The molecule has 0 aromatic heterocycles. The van der Waals surface area contributed by atoms with Crippen LogP contribution in [0, 0.1) is 5.92 Å². The van der Waals surface area contributed by atoms with E-state index in [0.29, 0.717) is 43.8 Å². The van der Waals surface area contributed by atoms with E-state index in [1.807, 2.05) is 17.0 Å². The molecule has 0 bridgehead atoms. The third-order valence-corrected chi connectivity index (χ3v) is 5.02. The average Bonchev–Trinajstić information content (AvgIpc) is 3.19. The van der Waals surface area contributed by atoms with Crippen molar-refractivity contribution in [2.45, 2.75) is 31.8 Å². The zero-order valence-corrected chi connectivity index (χ0v) is 14.7. The molecule has 1 N–H and O–H groups in total. The molecule has 0 aliphatic carbocycles. The van der Waals surface area contributed by atoms with Crippen LogP contribution in [0.2, 0.25) is 0 Å². The molecule has 25 heavy (non-hydrogen) atoms. The van der Waals surface area contributed by atoms with Gasteiger partial charge in [-0.3, -0.25) is 9.59 Å². The van der Waals surface area contributed by atoms with Crippen molar-refractivity contribution in [1.29, 1.82) is 0 Å². The standard InChI is InChI=1S/C19H26N2O4/c1-24-17-7-3-2-6-16(17)19(23)21-10-8-14(9-11-21)18(22)20-13-15-5-4-12-25-15/h2-3,6-7,14-15H,4-5,8-13H2,1H3,(H,20,22). The van der Waals surface area contributed by atoms with Gasteiger partial charge >= 0.3 is 0 Å². The molecule has 6 nitrogen and oxygen atoms in total. The molecule has 0 spiro atoms. The van der Waals surface area contributed by atoms with Gasteiger partial charge < -0.3 is 19.7 Å². The van der Waals surface area contributed by atoms with Crippen LogP contribution in [0.4, 0.5) is 0 Å². The first-order valence-corrected chi connectivity index (χ1v) is 9.00. The first-order valence-electron chi connectivity index (χ1n) is 9.00. The van der Waals surface area contributed by atoms with E-state index >= 15 is 0 Å². The summed E-state index contributed by atoms with van der Waals surface area (Å²) in [4.78, 5) is 26.8. The third kappa shape index (κ3) is 4.31. The Morgan fingerprint density at radius 2 is 2.00 bits per heavy atom. The molecule has 1 aromatic rings. The maximum absolute atomic E-state index is 12.7. The zero-order chi connectivity index (χ0) is 17.6. The number of carbonyl (C=O) groups excluding carboxylic acids is 2. The number of hydrogen-bond acceptors (Lipinski definition) is 4. The van der Waals surface area contributed by atoms with E-state index in [9.17, 15) is 9.59 Å². The molecule has 1 unspecified atom stereocenters. The summed E-state index contributed by atoms with van der Waals surface area (Å²) in [7, 11) is 1.57. The smallest absolute Gasteiger partial charge is 0.257 e. The van der Waals surface area contributed by atoms with Crippen molar-refractivity contribution in [2.24, 2.45) is 5.92 Å². The highest BCUT2D eigenvalue weighted by atomic mass is 16.5. The summed E-state index contributed by atoms with van der Waals surface area (Å²) in [5.41, 5.74) is 0.575. The van der Waals surface area contributed by atoms with Gasteiger partial charge in [0.15, 0.2) is 0 Å². The quantitative estimate of drug-likeness (QED) is 0.883. The second-order valence-electron chi connectivity index (χ2n) is 6.65. The van der Waals surface area contributed by atoms with Gasteiger partial charge in [-0.1, -0.05) is 12.1 Å². The van der Waals surface area contributed by atoms with E-state index in [2.05, 4.69) is 5.32 Å². The molecule has 2 heterocycles. The van der Waals surface area contributed by atoms with Crippen LogP contribution in [0.1, 0.15) is 36.0 Å². The summed E-state index contributed by atoms with van der Waals surface area (Å²) in [6.45, 7) is 2.58. The van der Waals surface area contributed by atoms with Gasteiger partial charge in [0.2, 0.25) is 5.91 Å². The van der Waals surface area contributed by atoms with Crippen LogP contribution in [0.25, 0.3) is 0 Å². The fourth-order valence-electron chi connectivity index (χ4n) is 3.50. The van der Waals surface area contributed by atoms with Gasteiger partial charge in [0.05, 0.1) is 18.8 Å². The predicted octanol–water partition coefficient (Wildman–Crippen LogP) is 1.84. The molecule has 0 radical (unpaired) electrons. The fourth-order valence-corrected chi connectivity index (χ4v) is 3.50. The Balaban J connectivity index is 1.49. The van der Waals surface area contributed by atoms with Crippen molar-refractivity contribution in [3.05, 3.63) is 29.8 Å². The molecule has 3 rings (SSSR count). The summed E-state index contributed by atoms with van der Waals surface area (Å²) in [5, 5.41) is 3.00. The van der Waals surface area contributed by atoms with Gasteiger partial charge in [-0.2, -0.15) is 0 Å². The van der Waals surface area contributed by atoms with Gasteiger partial charge in [0, 0.05) is 32.2 Å². The maximum Gasteiger partial charge on any atom is 0.257 e. The van der Waals surface area contributed by atoms with Crippen LogP contribution in [0.5, 0.6) is 5.75 Å². The molecule has 6 heteroatoms. The molecule has 2 aliphatic heterocycles. The number of nitrogens with one attached hydrogen (secondary N) is 1. The molecule has 0 saturated carbocycles. The van der Waals surface area contributed by atoms with E-state index in [1.54, 1.807) is 19.2 Å². The molecule has 2 saturated heterocycles. The minimum absolute atomic E-state index is 0.0249. The number of likely N-dealkylation sites (tertiary alicyclic amines) is 1. The number of hydrogen-bond donors (Lipinski definition) is 1. The van der Waals surface area contributed by atoms with Gasteiger partial charge in [0.1, 0.15) is 5.75 Å². The summed E-state index contributed by atoms with van der Waals surface area (Å²) >= 11 is 0. The third-order valence-electron chi connectivity index (χ3n) is 5.02. The zero-order valence-electron chi connectivity index (χ0n) is 14.7. The van der Waals surface area contributed by atoms with Crippen LogP contribution in [-0.2, 0) is 9.53 Å². The summed E-state index contributed by atoms with van der Waals surface area (Å²) in [5.74, 6) is 0.614. The number of para-hydroxylation sites is 1. The number of benzene rings is 1. The summed E-state index contributed by atoms with van der Waals surface area (Å²) in [6, 6.07) is 7.25. The largest absolute Gasteiger partial charge is 0.496 e. The first-order chi connectivity index (χ1) is 12.2. The van der Waals surface area contributed by atoms with Crippen molar-refractivity contribution in [2.75, 3.05) is 33.4 Å². The Morgan fingerprint density at radius 3 is 2.68 bits per heavy atom. The van der Waals surface area contributed by atoms with Crippen LogP contribution in [-0.4, -0.2) is 56.2 Å². The van der Waals surface area contributed by atoms with Crippen molar-refractivity contribution in [1.82, 2.24) is 10.2 Å². The monoisotopic (exact) mass is 346 g/mol. The minimum Gasteiger partial charge on any atom is -0.496 e. The van der Waals surface area contributed by atoms with E-state index < -0.39 is 0 Å². The van der Waals surface area contributed by atoms with E-state index in [4.69, 9.17) is 9.47 Å². The lowest BCUT2D eigenvalue weighted by atomic mass is 9.95. The molecule has 2 aliphatic rings. The number of carbonyl (C=O) groups is 2. The molecule has 2 fully saturated rings. The number of amides is 2. The van der Waals surface area contributed by atoms with Gasteiger partial charge in [-0.15, -0.1) is 0 Å². The highest BCUT2D eigenvalue weighted by Crippen LogP contribution is 2.23. The first kappa shape index (κ1) is 17.7. The highest BCUT2D eigenvalue weighted by molar-refractivity contribution is 5.97. The molecule has 136 valence electrons. The SMILES string of the molecule is COc1ccccc1C(=O)N1CCC(C(=O)NCC2CCCO2)CC1. The van der Waals surface area contributed by atoms with Crippen LogP contribution in [0.15, 0.2) is 24.3 Å². The van der Waals surface area contributed by atoms with Crippen LogP contribution >= 0.6 is 0 Å². The normalized spacial score (nSPS) is 21.2. The van der Waals surface area contributed by atoms with Crippen molar-refractivity contribution >= 4 is 11.8 Å². The van der Waals surface area contributed by atoms with Gasteiger partial charge in [-0.05, 0) is 37.8 Å². The molecule has 1 aromatic carbocycles. The lowest BCUT2D eigenvalue weighted by Crippen LogP contribution is -2.44. The van der Waals surface area contributed by atoms with Gasteiger partial charge in [-0.25, -0.2) is 0 Å². The summed E-state index contributed by atoms with van der Waals surface area (Å²) in [6.07, 6.45) is 3.64. The summed E-state index contributed by atoms with van der Waals surface area (Å²) < 4.78 is 10.8. The number of piperidine rings is 1. The predicted molar refractivity (Wildman–Crippen MR) is 93.6 cm³/mol. The lowest BCUT2D eigenvalue weighted by molar-refractivity contribution is -0.126. The number of ether oxygens (including phenoxy) is 2. The Morgan fingerprint density at radius 1 is 1.24 bits per heavy atom. The highest BCUT2D eigenvalue weighted by Gasteiger charge is 2.29. The number of methoxy groups -OCH3 is 1. The second kappa shape index (κ2) is 8.34. The molecular formula is C19H26N2O4. The molecule has 2 amide bonds.